The van der Waals surface area contributed by atoms with Crippen LogP contribution in [0.4, 0.5) is 11.4 Å². The fourth-order valence-electron chi connectivity index (χ4n) is 3.00. The molecular formula is C18H19N3O4. The summed E-state index contributed by atoms with van der Waals surface area (Å²) in [6, 6.07) is 12.5. The summed E-state index contributed by atoms with van der Waals surface area (Å²) in [6.07, 6.45) is 0.925. The summed E-state index contributed by atoms with van der Waals surface area (Å²) >= 11 is 0. The third kappa shape index (κ3) is 3.95. The highest BCUT2D eigenvalue weighted by atomic mass is 16.6. The fraction of sp³-hybridized carbons (Fsp3) is 0.278. The Morgan fingerprint density at radius 1 is 1.28 bits per heavy atom. The fourth-order valence-corrected chi connectivity index (χ4v) is 3.00. The van der Waals surface area contributed by atoms with Crippen LogP contribution in [0.2, 0.25) is 0 Å². The molecule has 1 aliphatic heterocycles. The van der Waals surface area contributed by atoms with Crippen molar-refractivity contribution in [2.24, 2.45) is 0 Å². The summed E-state index contributed by atoms with van der Waals surface area (Å²) in [7, 11) is 1.36. The number of carbonyl (C=O) groups is 1. The van der Waals surface area contributed by atoms with Crippen molar-refractivity contribution in [2.75, 3.05) is 25.5 Å². The summed E-state index contributed by atoms with van der Waals surface area (Å²) in [5.41, 5.74) is 2.93. The maximum atomic E-state index is 12.3. The molecule has 0 fully saturated rings. The maximum absolute atomic E-state index is 12.3. The quantitative estimate of drug-likeness (QED) is 0.667. The van der Waals surface area contributed by atoms with Crippen molar-refractivity contribution in [3.05, 3.63) is 63.7 Å². The molecule has 0 unspecified atom stereocenters. The molecule has 2 aromatic carbocycles. The van der Waals surface area contributed by atoms with E-state index < -0.39 is 4.92 Å². The zero-order chi connectivity index (χ0) is 17.8. The molecule has 0 aromatic heterocycles. The topological polar surface area (TPSA) is 84.7 Å². The molecule has 1 aliphatic rings. The van der Waals surface area contributed by atoms with Gasteiger partial charge in [-0.2, -0.15) is 0 Å². The standard InChI is InChI=1S/C18H19N3O4/c1-25-17-10-15(6-7-16(17)21(23)24)19-18(22)12-20-9-8-13-4-2-3-5-14(13)11-20/h2-7,10H,8-9,11-12H2,1H3,(H,19,22). The van der Waals surface area contributed by atoms with Crippen LogP contribution in [0, 0.1) is 10.1 Å². The zero-order valence-electron chi connectivity index (χ0n) is 13.9. The first-order valence-electron chi connectivity index (χ1n) is 7.98. The van der Waals surface area contributed by atoms with Gasteiger partial charge < -0.3 is 10.1 Å². The van der Waals surface area contributed by atoms with Crippen molar-refractivity contribution in [3.63, 3.8) is 0 Å². The Hall–Kier alpha value is -2.93. The van der Waals surface area contributed by atoms with Crippen molar-refractivity contribution >= 4 is 17.3 Å². The van der Waals surface area contributed by atoms with Gasteiger partial charge in [-0.05, 0) is 23.6 Å². The number of ether oxygens (including phenoxy) is 1. The van der Waals surface area contributed by atoms with Crippen LogP contribution in [0.25, 0.3) is 0 Å². The average molecular weight is 341 g/mol. The van der Waals surface area contributed by atoms with Gasteiger partial charge in [-0.15, -0.1) is 0 Å². The summed E-state index contributed by atoms with van der Waals surface area (Å²) in [6.45, 7) is 1.84. The molecule has 7 nitrogen and oxygen atoms in total. The number of rotatable bonds is 5. The van der Waals surface area contributed by atoms with E-state index in [-0.39, 0.29) is 23.9 Å². The molecule has 0 saturated carbocycles. The number of hydrogen-bond donors (Lipinski definition) is 1. The number of fused-ring (bicyclic) bond motifs is 1. The van der Waals surface area contributed by atoms with Crippen molar-refractivity contribution in [2.45, 2.75) is 13.0 Å². The van der Waals surface area contributed by atoms with E-state index in [2.05, 4.69) is 22.3 Å². The van der Waals surface area contributed by atoms with Gasteiger partial charge in [0.25, 0.3) is 0 Å². The normalized spacial score (nSPS) is 13.8. The molecule has 1 amide bonds. The third-order valence-electron chi connectivity index (χ3n) is 4.24. The first-order valence-corrected chi connectivity index (χ1v) is 7.98. The average Bonchev–Trinajstić information content (AvgIpc) is 2.61. The Morgan fingerprint density at radius 2 is 2.04 bits per heavy atom. The number of amides is 1. The maximum Gasteiger partial charge on any atom is 0.311 e. The van der Waals surface area contributed by atoms with E-state index in [1.807, 2.05) is 12.1 Å². The lowest BCUT2D eigenvalue weighted by atomic mass is 10.00. The second kappa shape index (κ2) is 7.31. The van der Waals surface area contributed by atoms with Gasteiger partial charge in [-0.25, -0.2) is 0 Å². The molecule has 0 spiro atoms. The molecule has 25 heavy (non-hydrogen) atoms. The second-order valence-corrected chi connectivity index (χ2v) is 5.92. The van der Waals surface area contributed by atoms with E-state index in [1.54, 1.807) is 0 Å². The second-order valence-electron chi connectivity index (χ2n) is 5.92. The van der Waals surface area contributed by atoms with Crippen LogP contribution in [-0.4, -0.2) is 35.9 Å². The highest BCUT2D eigenvalue weighted by molar-refractivity contribution is 5.92. The van der Waals surface area contributed by atoms with Gasteiger partial charge in [0.1, 0.15) is 0 Å². The molecule has 0 radical (unpaired) electrons. The van der Waals surface area contributed by atoms with Gasteiger partial charge in [0.05, 0.1) is 18.6 Å². The zero-order valence-corrected chi connectivity index (χ0v) is 13.9. The van der Waals surface area contributed by atoms with E-state index in [0.717, 1.165) is 19.5 Å². The van der Waals surface area contributed by atoms with Crippen LogP contribution >= 0.6 is 0 Å². The minimum absolute atomic E-state index is 0.120. The van der Waals surface area contributed by atoms with E-state index in [4.69, 9.17) is 4.74 Å². The number of nitro groups is 1. The number of anilines is 1. The highest BCUT2D eigenvalue weighted by Gasteiger charge is 2.19. The number of hydrogen-bond acceptors (Lipinski definition) is 5. The van der Waals surface area contributed by atoms with E-state index in [0.29, 0.717) is 5.69 Å². The van der Waals surface area contributed by atoms with Gasteiger partial charge >= 0.3 is 5.69 Å². The monoisotopic (exact) mass is 341 g/mol. The first kappa shape index (κ1) is 16.9. The SMILES string of the molecule is COc1cc(NC(=O)CN2CCc3ccccc3C2)ccc1[N+](=O)[O-]. The molecule has 0 aliphatic carbocycles. The molecule has 2 aromatic rings. The van der Waals surface area contributed by atoms with Crippen LogP contribution in [-0.2, 0) is 17.8 Å². The molecule has 1 heterocycles. The van der Waals surface area contributed by atoms with Gasteiger partial charge in [-0.3, -0.25) is 19.8 Å². The van der Waals surface area contributed by atoms with Crippen LogP contribution in [0.3, 0.4) is 0 Å². The minimum atomic E-state index is -0.518. The third-order valence-corrected chi connectivity index (χ3v) is 4.24. The highest BCUT2D eigenvalue weighted by Crippen LogP contribution is 2.29. The number of nitro benzene ring substituents is 1. The van der Waals surface area contributed by atoms with Crippen molar-refractivity contribution < 1.29 is 14.5 Å². The summed E-state index contributed by atoms with van der Waals surface area (Å²) in [5, 5.41) is 13.7. The Morgan fingerprint density at radius 3 is 2.76 bits per heavy atom. The van der Waals surface area contributed by atoms with Crippen LogP contribution in [0.1, 0.15) is 11.1 Å². The number of nitrogens with one attached hydrogen (secondary N) is 1. The predicted octanol–water partition coefficient (Wildman–Crippen LogP) is 2.60. The van der Waals surface area contributed by atoms with E-state index in [9.17, 15) is 14.9 Å². The van der Waals surface area contributed by atoms with Crippen LogP contribution in [0.5, 0.6) is 5.75 Å². The summed E-state index contributed by atoms with van der Waals surface area (Å²) in [4.78, 5) is 24.8. The van der Waals surface area contributed by atoms with Gasteiger partial charge in [0.2, 0.25) is 5.91 Å². The van der Waals surface area contributed by atoms with Gasteiger partial charge in [0.15, 0.2) is 5.75 Å². The molecule has 130 valence electrons. The van der Waals surface area contributed by atoms with Crippen molar-refractivity contribution in [1.29, 1.82) is 0 Å². The molecular weight excluding hydrogens is 322 g/mol. The molecule has 0 atom stereocenters. The molecule has 1 N–H and O–H groups in total. The van der Waals surface area contributed by atoms with Crippen LogP contribution < -0.4 is 10.1 Å². The molecule has 0 bridgehead atoms. The number of carbonyl (C=O) groups excluding carboxylic acids is 1. The first-order chi connectivity index (χ1) is 12.1. The summed E-state index contributed by atoms with van der Waals surface area (Å²) in [5.74, 6) is -0.0370. The lowest BCUT2D eigenvalue weighted by Crippen LogP contribution is -2.37. The predicted molar refractivity (Wildman–Crippen MR) is 93.7 cm³/mol. The Balaban J connectivity index is 1.63. The number of benzene rings is 2. The van der Waals surface area contributed by atoms with Crippen molar-refractivity contribution in [3.8, 4) is 5.75 Å². The summed E-state index contributed by atoms with van der Waals surface area (Å²) < 4.78 is 5.01. The Kier molecular flexibility index (Phi) is 4.95. The van der Waals surface area contributed by atoms with E-state index >= 15 is 0 Å². The van der Waals surface area contributed by atoms with E-state index in [1.165, 1.54) is 36.4 Å². The van der Waals surface area contributed by atoms with Gasteiger partial charge in [0, 0.05) is 30.9 Å². The molecule has 3 rings (SSSR count). The van der Waals surface area contributed by atoms with Crippen LogP contribution in [0.15, 0.2) is 42.5 Å². The molecule has 7 heteroatoms. The largest absolute Gasteiger partial charge is 0.490 e. The number of methoxy groups -OCH3 is 1. The minimum Gasteiger partial charge on any atom is -0.490 e. The Bertz CT molecular complexity index is 807. The Labute approximate surface area is 145 Å². The lowest BCUT2D eigenvalue weighted by molar-refractivity contribution is -0.385. The lowest BCUT2D eigenvalue weighted by Gasteiger charge is -2.28. The van der Waals surface area contributed by atoms with Crippen molar-refractivity contribution in [1.82, 2.24) is 4.90 Å². The van der Waals surface area contributed by atoms with Gasteiger partial charge in [-0.1, -0.05) is 24.3 Å². The smallest absolute Gasteiger partial charge is 0.311 e. The molecule has 0 saturated heterocycles. The number of nitrogens with zero attached hydrogens (tertiary/aromatic N) is 2.